The average Bonchev–Trinajstić information content (AvgIpc) is 2.42. The molecule has 4 heteroatoms. The third kappa shape index (κ3) is 2.77. The maximum Gasteiger partial charge on any atom is 0.295 e. The van der Waals surface area contributed by atoms with Gasteiger partial charge in [-0.05, 0) is 29.6 Å². The van der Waals surface area contributed by atoms with Crippen LogP contribution < -0.4 is 0 Å². The monoisotopic (exact) mass is 302 g/mol. The van der Waals surface area contributed by atoms with E-state index in [2.05, 4.69) is 19.7 Å². The van der Waals surface area contributed by atoms with E-state index in [0.29, 0.717) is 24.0 Å². The van der Waals surface area contributed by atoms with Crippen molar-refractivity contribution in [1.29, 1.82) is 0 Å². The van der Waals surface area contributed by atoms with E-state index in [0.717, 1.165) is 11.1 Å². The molecule has 0 spiro atoms. The predicted molar refractivity (Wildman–Crippen MR) is 87.1 cm³/mol. The minimum Gasteiger partial charge on any atom is -0.282 e. The molecule has 3 nitrogen and oxygen atoms in total. The zero-order valence-corrected chi connectivity index (χ0v) is 12.6. The maximum atomic E-state index is 11.9. The summed E-state index contributed by atoms with van der Waals surface area (Å²) in [6.07, 6.45) is 4.31. The first-order chi connectivity index (χ1) is 9.91. The summed E-state index contributed by atoms with van der Waals surface area (Å²) in [6.45, 7) is 11.5. The molecule has 0 fully saturated rings. The van der Waals surface area contributed by atoms with Gasteiger partial charge in [-0.3, -0.25) is 4.55 Å². The molecule has 2 rings (SSSR count). The molecule has 110 valence electrons. The Kier molecular flexibility index (Phi) is 4.30. The molecule has 1 aromatic rings. The van der Waals surface area contributed by atoms with Gasteiger partial charge in [0.2, 0.25) is 0 Å². The van der Waals surface area contributed by atoms with Gasteiger partial charge in [-0.2, -0.15) is 8.42 Å². The molecule has 0 saturated heterocycles. The number of benzene rings is 1. The fourth-order valence-corrected chi connectivity index (χ4v) is 3.85. The molecule has 1 aliphatic rings. The first-order valence-electron chi connectivity index (χ1n) is 6.62. The van der Waals surface area contributed by atoms with Crippen molar-refractivity contribution in [3.63, 3.8) is 0 Å². The zero-order valence-electron chi connectivity index (χ0n) is 11.7. The van der Waals surface area contributed by atoms with Crippen molar-refractivity contribution in [2.24, 2.45) is 5.92 Å². The Labute approximate surface area is 125 Å². The fourth-order valence-electron chi connectivity index (χ4n) is 2.84. The van der Waals surface area contributed by atoms with E-state index in [1.807, 2.05) is 12.1 Å². The highest BCUT2D eigenvalue weighted by Gasteiger charge is 2.33. The van der Waals surface area contributed by atoms with Crippen molar-refractivity contribution < 1.29 is 13.0 Å². The van der Waals surface area contributed by atoms with Crippen LogP contribution >= 0.6 is 0 Å². The lowest BCUT2D eigenvalue weighted by molar-refractivity contribution is 0.495. The van der Waals surface area contributed by atoms with E-state index >= 15 is 0 Å². The molecule has 0 radical (unpaired) electrons. The van der Waals surface area contributed by atoms with Gasteiger partial charge in [-0.1, -0.05) is 43.0 Å². The molecule has 1 aromatic carbocycles. The van der Waals surface area contributed by atoms with E-state index in [-0.39, 0.29) is 10.8 Å². The number of rotatable bonds is 5. The van der Waals surface area contributed by atoms with Crippen LogP contribution in [0.4, 0.5) is 0 Å². The van der Waals surface area contributed by atoms with Crippen LogP contribution in [0.15, 0.2) is 61.7 Å². The standard InChI is InChI=1S/C17H18O3S/c1-4-8-13-12(3)14-10-6-7-11-16(14)17(21(18,19)20)15(13)9-5-2/h4-7,10-11,13H,1-3,8-9H2,(H,18,19,20). The molecule has 21 heavy (non-hydrogen) atoms. The SMILES string of the molecule is C=CCC1=C(S(=O)(=O)O)c2ccccc2C(=C)C1CC=C. The van der Waals surface area contributed by atoms with Crippen LogP contribution in [0.2, 0.25) is 0 Å². The Morgan fingerprint density at radius 3 is 2.29 bits per heavy atom. The Bertz CT molecular complexity index is 739. The molecule has 1 unspecified atom stereocenters. The van der Waals surface area contributed by atoms with Gasteiger partial charge in [0.1, 0.15) is 4.91 Å². The first kappa shape index (κ1) is 15.5. The Morgan fingerprint density at radius 2 is 1.76 bits per heavy atom. The van der Waals surface area contributed by atoms with Crippen molar-refractivity contribution >= 4 is 20.6 Å². The lowest BCUT2D eigenvalue weighted by Gasteiger charge is -2.30. The molecular weight excluding hydrogens is 284 g/mol. The van der Waals surface area contributed by atoms with Crippen molar-refractivity contribution in [1.82, 2.24) is 0 Å². The third-order valence-electron chi connectivity index (χ3n) is 3.68. The van der Waals surface area contributed by atoms with Crippen molar-refractivity contribution in [3.05, 3.63) is 72.9 Å². The van der Waals surface area contributed by atoms with Gasteiger partial charge in [0.25, 0.3) is 10.1 Å². The van der Waals surface area contributed by atoms with Crippen molar-refractivity contribution in [2.75, 3.05) is 0 Å². The zero-order chi connectivity index (χ0) is 15.6. The largest absolute Gasteiger partial charge is 0.295 e. The van der Waals surface area contributed by atoms with E-state index < -0.39 is 10.1 Å². The lowest BCUT2D eigenvalue weighted by Crippen LogP contribution is -2.18. The second-order valence-electron chi connectivity index (χ2n) is 4.97. The number of hydrogen-bond donors (Lipinski definition) is 1. The quantitative estimate of drug-likeness (QED) is 0.658. The van der Waals surface area contributed by atoms with Crippen LogP contribution in [0.1, 0.15) is 24.0 Å². The van der Waals surface area contributed by atoms with Gasteiger partial charge in [0.15, 0.2) is 0 Å². The lowest BCUT2D eigenvalue weighted by atomic mass is 9.77. The highest BCUT2D eigenvalue weighted by atomic mass is 32.2. The molecular formula is C17H18O3S. The summed E-state index contributed by atoms with van der Waals surface area (Å²) in [5.41, 5.74) is 2.72. The van der Waals surface area contributed by atoms with Crippen molar-refractivity contribution in [2.45, 2.75) is 12.8 Å². The van der Waals surface area contributed by atoms with Gasteiger partial charge < -0.3 is 0 Å². The van der Waals surface area contributed by atoms with Crippen molar-refractivity contribution in [3.8, 4) is 0 Å². The van der Waals surface area contributed by atoms with Crippen LogP contribution in [0.5, 0.6) is 0 Å². The van der Waals surface area contributed by atoms with Gasteiger partial charge in [-0.15, -0.1) is 13.2 Å². The van der Waals surface area contributed by atoms with E-state index in [9.17, 15) is 13.0 Å². The van der Waals surface area contributed by atoms with Crippen LogP contribution in [0.3, 0.4) is 0 Å². The number of fused-ring (bicyclic) bond motifs is 1. The van der Waals surface area contributed by atoms with Crippen LogP contribution in [-0.4, -0.2) is 13.0 Å². The van der Waals surface area contributed by atoms with Crippen LogP contribution in [-0.2, 0) is 10.1 Å². The normalized spacial score (nSPS) is 18.3. The predicted octanol–water partition coefficient (Wildman–Crippen LogP) is 4.08. The molecule has 0 heterocycles. The van der Waals surface area contributed by atoms with Gasteiger partial charge in [-0.25, -0.2) is 0 Å². The summed E-state index contributed by atoms with van der Waals surface area (Å²) in [6, 6.07) is 7.09. The number of hydrogen-bond acceptors (Lipinski definition) is 2. The Hall–Kier alpha value is -1.91. The molecule has 0 amide bonds. The highest BCUT2D eigenvalue weighted by molar-refractivity contribution is 7.95. The van der Waals surface area contributed by atoms with E-state index in [1.54, 1.807) is 24.3 Å². The smallest absolute Gasteiger partial charge is 0.282 e. The summed E-state index contributed by atoms with van der Waals surface area (Å²) >= 11 is 0. The minimum absolute atomic E-state index is 0.0164. The second-order valence-corrected chi connectivity index (χ2v) is 6.33. The molecule has 0 aromatic heterocycles. The van der Waals surface area contributed by atoms with Gasteiger partial charge in [0, 0.05) is 11.5 Å². The molecule has 1 aliphatic carbocycles. The minimum atomic E-state index is -4.33. The Morgan fingerprint density at radius 1 is 1.14 bits per heavy atom. The molecule has 0 saturated carbocycles. The van der Waals surface area contributed by atoms with Gasteiger partial charge in [0.05, 0.1) is 0 Å². The summed E-state index contributed by atoms with van der Waals surface area (Å²) in [5.74, 6) is -0.188. The maximum absolute atomic E-state index is 11.9. The van der Waals surface area contributed by atoms with Gasteiger partial charge >= 0.3 is 0 Å². The number of allylic oxidation sites excluding steroid dienone is 4. The fraction of sp³-hybridized carbons (Fsp3) is 0.176. The van der Waals surface area contributed by atoms with E-state index in [1.165, 1.54) is 0 Å². The molecule has 1 N–H and O–H groups in total. The van der Waals surface area contributed by atoms with Crippen LogP contribution in [0.25, 0.3) is 10.5 Å². The molecule has 0 aliphatic heterocycles. The van der Waals surface area contributed by atoms with E-state index in [4.69, 9.17) is 0 Å². The third-order valence-corrected chi connectivity index (χ3v) is 4.67. The Balaban J connectivity index is 2.84. The summed E-state index contributed by atoms with van der Waals surface area (Å²) in [5, 5.41) is 0. The van der Waals surface area contributed by atoms with Crippen LogP contribution in [0, 0.1) is 5.92 Å². The summed E-state index contributed by atoms with van der Waals surface area (Å²) in [7, 11) is -4.33. The second kappa shape index (κ2) is 5.84. The highest BCUT2D eigenvalue weighted by Crippen LogP contribution is 2.46. The molecule has 0 bridgehead atoms. The summed E-state index contributed by atoms with van der Waals surface area (Å²) < 4.78 is 33.5. The summed E-state index contributed by atoms with van der Waals surface area (Å²) in [4.78, 5) is -0.0164. The molecule has 1 atom stereocenters. The average molecular weight is 302 g/mol. The first-order valence-corrected chi connectivity index (χ1v) is 8.06. The topological polar surface area (TPSA) is 54.4 Å².